The molecule has 0 unspecified atom stereocenters. The van der Waals surface area contributed by atoms with Crippen LogP contribution in [0.3, 0.4) is 0 Å². The van der Waals surface area contributed by atoms with Crippen LogP contribution in [-0.4, -0.2) is 31.1 Å². The molecular formula is C27H32BrCl2FN2O2. The van der Waals surface area contributed by atoms with Crippen LogP contribution < -0.4 is 14.8 Å². The highest BCUT2D eigenvalue weighted by Gasteiger charge is 2.19. The third kappa shape index (κ3) is 8.36. The molecule has 1 aliphatic rings. The maximum Gasteiger partial charge on any atom is 0.175 e. The van der Waals surface area contributed by atoms with Crippen LogP contribution in [0.15, 0.2) is 71.2 Å². The lowest BCUT2D eigenvalue weighted by Gasteiger charge is -2.32. The fraction of sp³-hybridized carbons (Fsp3) is 0.333. The third-order valence-corrected chi connectivity index (χ3v) is 6.64. The number of hydrogen-bond donors (Lipinski definition) is 1. The quantitative estimate of drug-likeness (QED) is 0.300. The van der Waals surface area contributed by atoms with Crippen LogP contribution in [0.1, 0.15) is 29.5 Å². The van der Waals surface area contributed by atoms with Crippen molar-refractivity contribution in [1.29, 1.82) is 0 Å². The van der Waals surface area contributed by atoms with Crippen LogP contribution in [0.4, 0.5) is 4.39 Å². The minimum atomic E-state index is -0.275. The number of methoxy groups -OCH3 is 1. The van der Waals surface area contributed by atoms with Gasteiger partial charge in [-0.25, -0.2) is 4.39 Å². The van der Waals surface area contributed by atoms with E-state index in [0.29, 0.717) is 23.1 Å². The van der Waals surface area contributed by atoms with E-state index in [1.54, 1.807) is 25.3 Å². The Kier molecular flexibility index (Phi) is 12.3. The molecule has 0 aliphatic carbocycles. The zero-order valence-electron chi connectivity index (χ0n) is 19.7. The molecule has 0 spiro atoms. The number of ether oxygens (including phenoxy) is 2. The first-order chi connectivity index (χ1) is 16.1. The normalized spacial score (nSPS) is 14.0. The summed E-state index contributed by atoms with van der Waals surface area (Å²) in [5.74, 6) is 0.942. The van der Waals surface area contributed by atoms with E-state index in [4.69, 9.17) is 9.47 Å². The van der Waals surface area contributed by atoms with Gasteiger partial charge in [-0.05, 0) is 71.2 Å². The van der Waals surface area contributed by atoms with Gasteiger partial charge in [0.15, 0.2) is 11.5 Å². The van der Waals surface area contributed by atoms with Gasteiger partial charge in [0.05, 0.1) is 11.6 Å². The van der Waals surface area contributed by atoms with Gasteiger partial charge in [0.25, 0.3) is 0 Å². The number of nitrogens with one attached hydrogen (secondary N) is 1. The molecule has 1 saturated heterocycles. The average Bonchev–Trinajstić information content (AvgIpc) is 2.84. The van der Waals surface area contributed by atoms with Gasteiger partial charge in [-0.2, -0.15) is 0 Å². The summed E-state index contributed by atoms with van der Waals surface area (Å²) in [6, 6.07) is 21.8. The molecule has 190 valence electrons. The first-order valence-corrected chi connectivity index (χ1v) is 12.1. The summed E-state index contributed by atoms with van der Waals surface area (Å²) in [4.78, 5) is 2.52. The number of piperidine rings is 1. The largest absolute Gasteiger partial charge is 0.493 e. The molecule has 1 N–H and O–H groups in total. The molecule has 0 radical (unpaired) electrons. The van der Waals surface area contributed by atoms with Crippen LogP contribution in [0.25, 0.3) is 0 Å². The molecule has 1 heterocycles. The van der Waals surface area contributed by atoms with Crippen LogP contribution in [-0.2, 0) is 19.7 Å². The van der Waals surface area contributed by atoms with E-state index in [9.17, 15) is 4.39 Å². The van der Waals surface area contributed by atoms with Gasteiger partial charge in [0.1, 0.15) is 12.4 Å². The van der Waals surface area contributed by atoms with Crippen molar-refractivity contribution in [2.24, 2.45) is 0 Å². The Morgan fingerprint density at radius 2 is 1.66 bits per heavy atom. The van der Waals surface area contributed by atoms with E-state index in [2.05, 4.69) is 56.5 Å². The van der Waals surface area contributed by atoms with Gasteiger partial charge in [-0.15, -0.1) is 24.8 Å². The van der Waals surface area contributed by atoms with Gasteiger partial charge in [0, 0.05) is 24.7 Å². The van der Waals surface area contributed by atoms with E-state index < -0.39 is 0 Å². The number of rotatable bonds is 9. The van der Waals surface area contributed by atoms with Crippen LogP contribution in [0.2, 0.25) is 0 Å². The summed E-state index contributed by atoms with van der Waals surface area (Å²) in [5, 5.41) is 3.69. The van der Waals surface area contributed by atoms with Crippen molar-refractivity contribution in [2.75, 3.05) is 20.2 Å². The predicted molar refractivity (Wildman–Crippen MR) is 148 cm³/mol. The molecule has 0 saturated carbocycles. The summed E-state index contributed by atoms with van der Waals surface area (Å²) in [6.07, 6.45) is 2.27. The topological polar surface area (TPSA) is 33.7 Å². The first kappa shape index (κ1) is 29.4. The van der Waals surface area contributed by atoms with Crippen molar-refractivity contribution in [1.82, 2.24) is 10.2 Å². The van der Waals surface area contributed by atoms with Gasteiger partial charge < -0.3 is 14.8 Å². The van der Waals surface area contributed by atoms with Crippen LogP contribution in [0, 0.1) is 5.82 Å². The Morgan fingerprint density at radius 3 is 2.34 bits per heavy atom. The summed E-state index contributed by atoms with van der Waals surface area (Å²) in [6.45, 7) is 4.11. The molecule has 4 rings (SSSR count). The van der Waals surface area contributed by atoms with Gasteiger partial charge in [-0.1, -0.05) is 48.5 Å². The maximum atomic E-state index is 13.9. The van der Waals surface area contributed by atoms with Gasteiger partial charge in [-0.3, -0.25) is 4.90 Å². The van der Waals surface area contributed by atoms with Crippen molar-refractivity contribution in [3.63, 3.8) is 0 Å². The molecule has 4 nitrogen and oxygen atoms in total. The predicted octanol–water partition coefficient (Wildman–Crippen LogP) is 6.77. The second kappa shape index (κ2) is 14.7. The Bertz CT molecular complexity index is 1050. The summed E-state index contributed by atoms with van der Waals surface area (Å²) >= 11 is 3.60. The fourth-order valence-electron chi connectivity index (χ4n) is 4.18. The summed E-state index contributed by atoms with van der Waals surface area (Å²) in [7, 11) is 1.62. The van der Waals surface area contributed by atoms with Crippen molar-refractivity contribution in [3.8, 4) is 11.5 Å². The van der Waals surface area contributed by atoms with E-state index >= 15 is 0 Å². The van der Waals surface area contributed by atoms with Crippen molar-refractivity contribution < 1.29 is 13.9 Å². The summed E-state index contributed by atoms with van der Waals surface area (Å²) < 4.78 is 26.2. The molecule has 1 aliphatic heterocycles. The van der Waals surface area contributed by atoms with Crippen molar-refractivity contribution in [3.05, 3.63) is 93.7 Å². The van der Waals surface area contributed by atoms with Crippen molar-refractivity contribution in [2.45, 2.75) is 38.6 Å². The van der Waals surface area contributed by atoms with Crippen LogP contribution >= 0.6 is 40.7 Å². The Balaban J connectivity index is 0.00000216. The standard InChI is InChI=1S/C27H30BrFN2O2.2ClH/c1-32-26-16-21(15-24(28)27(26)33-19-22-9-5-6-10-25(22)29)17-30-23-11-13-31(14-12-23)18-20-7-3-2-4-8-20;;/h2-10,15-16,23,30H,11-14,17-19H2,1H3;2*1H. The second-order valence-electron chi connectivity index (χ2n) is 8.41. The molecule has 8 heteroatoms. The zero-order chi connectivity index (χ0) is 23.0. The third-order valence-electron chi connectivity index (χ3n) is 6.05. The number of nitrogens with zero attached hydrogens (tertiary/aromatic N) is 1. The lowest BCUT2D eigenvalue weighted by atomic mass is 10.0. The monoisotopic (exact) mass is 584 g/mol. The maximum absolute atomic E-state index is 13.9. The molecule has 3 aromatic rings. The van der Waals surface area contributed by atoms with Crippen molar-refractivity contribution >= 4 is 40.7 Å². The Hall–Kier alpha value is -1.83. The molecule has 3 aromatic carbocycles. The van der Waals surface area contributed by atoms with E-state index in [-0.39, 0.29) is 37.2 Å². The van der Waals surface area contributed by atoms with E-state index in [1.807, 2.05) is 12.1 Å². The average molecular weight is 586 g/mol. The van der Waals surface area contributed by atoms with E-state index in [1.165, 1.54) is 11.6 Å². The number of hydrogen-bond acceptors (Lipinski definition) is 4. The SMILES string of the molecule is COc1cc(CNC2CCN(Cc3ccccc3)CC2)cc(Br)c1OCc1ccccc1F.Cl.Cl. The second-order valence-corrected chi connectivity index (χ2v) is 9.26. The highest BCUT2D eigenvalue weighted by atomic mass is 79.9. The smallest absolute Gasteiger partial charge is 0.175 e. The Labute approximate surface area is 228 Å². The Morgan fingerprint density at radius 1 is 0.971 bits per heavy atom. The number of halogens is 4. The minimum absolute atomic E-state index is 0. The lowest BCUT2D eigenvalue weighted by molar-refractivity contribution is 0.190. The first-order valence-electron chi connectivity index (χ1n) is 11.3. The van der Waals surface area contributed by atoms with Gasteiger partial charge >= 0.3 is 0 Å². The number of benzene rings is 3. The molecule has 0 aromatic heterocycles. The van der Waals surface area contributed by atoms with Crippen LogP contribution in [0.5, 0.6) is 11.5 Å². The highest BCUT2D eigenvalue weighted by molar-refractivity contribution is 9.10. The minimum Gasteiger partial charge on any atom is -0.493 e. The molecule has 0 bridgehead atoms. The lowest BCUT2D eigenvalue weighted by Crippen LogP contribution is -2.41. The zero-order valence-corrected chi connectivity index (χ0v) is 22.9. The molecular weight excluding hydrogens is 554 g/mol. The molecule has 35 heavy (non-hydrogen) atoms. The molecule has 1 fully saturated rings. The van der Waals surface area contributed by atoms with E-state index in [0.717, 1.165) is 49.1 Å². The number of likely N-dealkylation sites (tertiary alicyclic amines) is 1. The molecule has 0 atom stereocenters. The fourth-order valence-corrected chi connectivity index (χ4v) is 4.78. The van der Waals surface area contributed by atoms with Gasteiger partial charge in [0.2, 0.25) is 0 Å². The summed E-state index contributed by atoms with van der Waals surface area (Å²) in [5.41, 5.74) is 3.00. The highest BCUT2D eigenvalue weighted by Crippen LogP contribution is 2.37. The molecule has 0 amide bonds.